The predicted molar refractivity (Wildman–Crippen MR) is 125 cm³/mol. The highest BCUT2D eigenvalue weighted by molar-refractivity contribution is 5.92. The zero-order valence-corrected chi connectivity index (χ0v) is 18.7. The molecule has 2 heterocycles. The Morgan fingerprint density at radius 3 is 2.48 bits per heavy atom. The van der Waals surface area contributed by atoms with Gasteiger partial charge in [0.1, 0.15) is 17.2 Å². The van der Waals surface area contributed by atoms with Gasteiger partial charge in [-0.3, -0.25) is 4.79 Å². The number of aliphatic hydroxyl groups excluding tert-OH is 1. The molecule has 2 aliphatic rings. The number of phenols is 1. The van der Waals surface area contributed by atoms with Crippen molar-refractivity contribution < 1.29 is 20.1 Å². The Bertz CT molecular complexity index is 1220. The van der Waals surface area contributed by atoms with Crippen molar-refractivity contribution in [1.29, 1.82) is 0 Å². The first-order chi connectivity index (χ1) is 16.0. The first kappa shape index (κ1) is 21.5. The van der Waals surface area contributed by atoms with Crippen LogP contribution in [0.3, 0.4) is 0 Å². The van der Waals surface area contributed by atoms with E-state index in [1.54, 1.807) is 11.8 Å². The molecular weight excluding hydrogens is 416 g/mol. The molecule has 6 nitrogen and oxygen atoms in total. The third-order valence-corrected chi connectivity index (χ3v) is 6.94. The minimum atomic E-state index is -0.260. The van der Waals surface area contributed by atoms with Crippen LogP contribution in [0, 0.1) is 6.92 Å². The molecule has 1 aromatic heterocycles. The smallest absolute Gasteiger partial charge is 0.272 e. The quantitative estimate of drug-likeness (QED) is 0.540. The summed E-state index contributed by atoms with van der Waals surface area (Å²) in [6, 6.07) is 15.1. The Kier molecular flexibility index (Phi) is 5.54. The van der Waals surface area contributed by atoms with Gasteiger partial charge in [-0.15, -0.1) is 0 Å². The standard InChI is InChI=1S/C27H28N2O4/c1-16-25(31)11-10-24(28-16)27(33)29-13-12-18(14-29)20-8-9-22(26(32)23(20)15-30)21-5-3-2-4-19(21)17-6-7-17/h2-5,8-11,17-18,30-32H,6-7,12-15H2,1H3. The summed E-state index contributed by atoms with van der Waals surface area (Å²) in [6.45, 7) is 2.47. The molecule has 170 valence electrons. The number of rotatable bonds is 5. The summed E-state index contributed by atoms with van der Waals surface area (Å²) >= 11 is 0. The Morgan fingerprint density at radius 2 is 1.76 bits per heavy atom. The summed E-state index contributed by atoms with van der Waals surface area (Å²) in [6.07, 6.45) is 3.08. The molecule has 0 spiro atoms. The number of hydrogen-bond acceptors (Lipinski definition) is 5. The lowest BCUT2D eigenvalue weighted by Gasteiger charge is -2.20. The molecule has 2 aromatic carbocycles. The van der Waals surface area contributed by atoms with Gasteiger partial charge in [-0.05, 0) is 60.9 Å². The van der Waals surface area contributed by atoms with Crippen LogP contribution in [0.2, 0.25) is 0 Å². The average molecular weight is 445 g/mol. The molecule has 1 saturated heterocycles. The predicted octanol–water partition coefficient (Wildman–Crippen LogP) is 4.47. The fourth-order valence-electron chi connectivity index (χ4n) is 4.94. The molecule has 1 aliphatic heterocycles. The number of hydrogen-bond donors (Lipinski definition) is 3. The molecule has 1 atom stereocenters. The number of nitrogens with zero attached hydrogens (tertiary/aromatic N) is 2. The monoisotopic (exact) mass is 444 g/mol. The summed E-state index contributed by atoms with van der Waals surface area (Å²) in [7, 11) is 0. The van der Waals surface area contributed by atoms with Gasteiger partial charge in [-0.1, -0.05) is 36.4 Å². The number of carbonyl (C=O) groups is 1. The van der Waals surface area contributed by atoms with Crippen LogP contribution in [0.4, 0.5) is 0 Å². The fraction of sp³-hybridized carbons (Fsp3) is 0.333. The second-order valence-electron chi connectivity index (χ2n) is 9.09. The molecule has 1 unspecified atom stereocenters. The van der Waals surface area contributed by atoms with E-state index in [1.165, 1.54) is 30.5 Å². The summed E-state index contributed by atoms with van der Waals surface area (Å²) in [5.74, 6) is 0.587. The lowest BCUT2D eigenvalue weighted by Crippen LogP contribution is -2.29. The number of aliphatic hydroxyl groups is 1. The van der Waals surface area contributed by atoms with Gasteiger partial charge >= 0.3 is 0 Å². The minimum absolute atomic E-state index is 0.0212. The Balaban J connectivity index is 1.42. The van der Waals surface area contributed by atoms with Gasteiger partial charge in [0.05, 0.1) is 12.3 Å². The third kappa shape index (κ3) is 3.95. The molecule has 0 bridgehead atoms. The topological polar surface area (TPSA) is 93.9 Å². The van der Waals surface area contributed by atoms with Crippen LogP contribution in [-0.4, -0.2) is 44.2 Å². The molecule has 0 radical (unpaired) electrons. The van der Waals surface area contributed by atoms with Crippen LogP contribution >= 0.6 is 0 Å². The van der Waals surface area contributed by atoms with Crippen molar-refractivity contribution >= 4 is 5.91 Å². The maximum absolute atomic E-state index is 12.9. The van der Waals surface area contributed by atoms with Gasteiger partial charge in [-0.2, -0.15) is 0 Å². The number of carbonyl (C=O) groups excluding carboxylic acids is 1. The highest BCUT2D eigenvalue weighted by atomic mass is 16.3. The summed E-state index contributed by atoms with van der Waals surface area (Å²) < 4.78 is 0. The molecule has 1 aliphatic carbocycles. The Labute approximate surface area is 193 Å². The van der Waals surface area contributed by atoms with E-state index in [0.29, 0.717) is 36.0 Å². The first-order valence-corrected chi connectivity index (χ1v) is 11.5. The minimum Gasteiger partial charge on any atom is -0.507 e. The third-order valence-electron chi connectivity index (χ3n) is 6.94. The van der Waals surface area contributed by atoms with Crippen molar-refractivity contribution in [2.75, 3.05) is 13.1 Å². The Hall–Kier alpha value is -3.38. The number of amides is 1. The van der Waals surface area contributed by atoms with Gasteiger partial charge in [0.25, 0.3) is 5.91 Å². The Morgan fingerprint density at radius 1 is 0.970 bits per heavy atom. The number of aromatic hydroxyl groups is 2. The number of likely N-dealkylation sites (tertiary alicyclic amines) is 1. The lowest BCUT2D eigenvalue weighted by molar-refractivity contribution is 0.0784. The van der Waals surface area contributed by atoms with Crippen molar-refractivity contribution in [1.82, 2.24) is 9.88 Å². The van der Waals surface area contributed by atoms with Crippen LogP contribution in [0.1, 0.15) is 64.0 Å². The van der Waals surface area contributed by atoms with E-state index in [9.17, 15) is 20.1 Å². The van der Waals surface area contributed by atoms with Crippen LogP contribution in [-0.2, 0) is 6.61 Å². The SMILES string of the molecule is Cc1nc(C(=O)N2CCC(c3ccc(-c4ccccc4C4CC4)c(O)c3CO)C2)ccc1O. The van der Waals surface area contributed by atoms with Gasteiger partial charge in [0.2, 0.25) is 0 Å². The number of aryl methyl sites for hydroxylation is 1. The van der Waals surface area contributed by atoms with Gasteiger partial charge in [0, 0.05) is 30.1 Å². The molecule has 6 heteroatoms. The number of pyridine rings is 1. The van der Waals surface area contributed by atoms with Crippen molar-refractivity contribution in [2.24, 2.45) is 0 Å². The zero-order chi connectivity index (χ0) is 23.1. The fourth-order valence-corrected chi connectivity index (χ4v) is 4.94. The molecule has 33 heavy (non-hydrogen) atoms. The van der Waals surface area contributed by atoms with E-state index in [-0.39, 0.29) is 29.9 Å². The van der Waals surface area contributed by atoms with Crippen molar-refractivity contribution in [2.45, 2.75) is 44.6 Å². The normalized spacial score (nSPS) is 18.0. The largest absolute Gasteiger partial charge is 0.507 e. The second-order valence-corrected chi connectivity index (χ2v) is 9.09. The van der Waals surface area contributed by atoms with E-state index in [2.05, 4.69) is 11.1 Å². The van der Waals surface area contributed by atoms with Crippen LogP contribution in [0.25, 0.3) is 11.1 Å². The number of benzene rings is 2. The second kappa shape index (κ2) is 8.52. The van der Waals surface area contributed by atoms with Gasteiger partial charge in [0.15, 0.2) is 0 Å². The lowest BCUT2D eigenvalue weighted by atomic mass is 9.88. The molecular formula is C27H28N2O4. The molecule has 2 fully saturated rings. The highest BCUT2D eigenvalue weighted by Crippen LogP contribution is 2.47. The van der Waals surface area contributed by atoms with Gasteiger partial charge in [-0.25, -0.2) is 4.98 Å². The average Bonchev–Trinajstić information content (AvgIpc) is 3.56. The van der Waals surface area contributed by atoms with Crippen LogP contribution < -0.4 is 0 Å². The van der Waals surface area contributed by atoms with E-state index >= 15 is 0 Å². The van der Waals surface area contributed by atoms with Gasteiger partial charge < -0.3 is 20.2 Å². The molecule has 3 aromatic rings. The van der Waals surface area contributed by atoms with Crippen molar-refractivity contribution in [3.63, 3.8) is 0 Å². The molecule has 1 saturated carbocycles. The molecule has 1 amide bonds. The summed E-state index contributed by atoms with van der Waals surface area (Å²) in [4.78, 5) is 18.9. The summed E-state index contributed by atoms with van der Waals surface area (Å²) in [5, 5.41) is 31.0. The van der Waals surface area contributed by atoms with E-state index in [4.69, 9.17) is 0 Å². The van der Waals surface area contributed by atoms with E-state index in [0.717, 1.165) is 23.1 Å². The molecule has 5 rings (SSSR count). The van der Waals surface area contributed by atoms with Crippen molar-refractivity contribution in [3.05, 3.63) is 76.6 Å². The van der Waals surface area contributed by atoms with Crippen LogP contribution in [0.5, 0.6) is 11.5 Å². The number of aromatic nitrogens is 1. The maximum Gasteiger partial charge on any atom is 0.272 e. The van der Waals surface area contributed by atoms with E-state index < -0.39 is 0 Å². The summed E-state index contributed by atoms with van der Waals surface area (Å²) in [5.41, 5.74) is 5.17. The van der Waals surface area contributed by atoms with Crippen molar-refractivity contribution in [3.8, 4) is 22.6 Å². The maximum atomic E-state index is 12.9. The first-order valence-electron chi connectivity index (χ1n) is 11.5. The highest BCUT2D eigenvalue weighted by Gasteiger charge is 2.32. The molecule has 3 N–H and O–H groups in total. The zero-order valence-electron chi connectivity index (χ0n) is 18.7. The van der Waals surface area contributed by atoms with Crippen LogP contribution in [0.15, 0.2) is 48.5 Å². The van der Waals surface area contributed by atoms with E-state index in [1.807, 2.05) is 30.3 Å².